The number of H-pyrrole nitrogens is 1. The predicted octanol–water partition coefficient (Wildman–Crippen LogP) is 2.23. The van der Waals surface area contributed by atoms with Gasteiger partial charge in [-0.3, -0.25) is 10.1 Å². The van der Waals surface area contributed by atoms with E-state index in [2.05, 4.69) is 19.9 Å². The van der Waals surface area contributed by atoms with E-state index in [-0.39, 0.29) is 11.6 Å². The minimum Gasteiger partial charge on any atom is -0.368 e. The van der Waals surface area contributed by atoms with Crippen LogP contribution in [0.2, 0.25) is 0 Å². The van der Waals surface area contributed by atoms with E-state index in [9.17, 15) is 10.1 Å². The number of nitro benzene ring substituents is 1. The van der Waals surface area contributed by atoms with Crippen molar-refractivity contribution in [3.63, 3.8) is 0 Å². The maximum absolute atomic E-state index is 11.2. The number of rotatable bonds is 3. The largest absolute Gasteiger partial charge is 0.368 e. The molecule has 0 radical (unpaired) electrons. The van der Waals surface area contributed by atoms with Gasteiger partial charge in [-0.2, -0.15) is 4.98 Å². The van der Waals surface area contributed by atoms with Gasteiger partial charge >= 0.3 is 0 Å². The second kappa shape index (κ2) is 5.02. The average molecular weight is 302 g/mol. The standard InChI is InChI=1S/C12H10N6O2S/c1-21-12-15-9-8(14-11(13)16-10(9)17-12)6-4-2-3-5-7(6)18(19)20/h2-5H,1H3,(H3,13,14,15,16,17). The summed E-state index contributed by atoms with van der Waals surface area (Å²) < 4.78 is 0. The molecule has 1 aromatic carbocycles. The monoisotopic (exact) mass is 302 g/mol. The highest BCUT2D eigenvalue weighted by Crippen LogP contribution is 2.33. The summed E-state index contributed by atoms with van der Waals surface area (Å²) in [5.41, 5.74) is 7.31. The highest BCUT2D eigenvalue weighted by atomic mass is 32.2. The predicted molar refractivity (Wildman–Crippen MR) is 80.0 cm³/mol. The average Bonchev–Trinajstić information content (AvgIpc) is 2.89. The van der Waals surface area contributed by atoms with Crippen molar-refractivity contribution in [1.29, 1.82) is 0 Å². The van der Waals surface area contributed by atoms with Gasteiger partial charge in [0.25, 0.3) is 5.69 Å². The van der Waals surface area contributed by atoms with Gasteiger partial charge in [-0.15, -0.1) is 0 Å². The SMILES string of the molecule is CSc1nc2nc(N)nc(-c3ccccc3[N+](=O)[O-])c2[nH]1. The van der Waals surface area contributed by atoms with Crippen LogP contribution in [0.5, 0.6) is 0 Å². The first-order chi connectivity index (χ1) is 10.1. The van der Waals surface area contributed by atoms with E-state index in [0.29, 0.717) is 27.6 Å². The molecule has 0 unspecified atom stereocenters. The Morgan fingerprint density at radius 2 is 2.05 bits per heavy atom. The van der Waals surface area contributed by atoms with Crippen molar-refractivity contribution in [3.8, 4) is 11.3 Å². The van der Waals surface area contributed by atoms with E-state index in [4.69, 9.17) is 5.73 Å². The highest BCUT2D eigenvalue weighted by molar-refractivity contribution is 7.98. The Kier molecular flexibility index (Phi) is 3.18. The zero-order valence-corrected chi connectivity index (χ0v) is 11.7. The summed E-state index contributed by atoms with van der Waals surface area (Å²) in [6, 6.07) is 6.35. The summed E-state index contributed by atoms with van der Waals surface area (Å²) >= 11 is 1.41. The van der Waals surface area contributed by atoms with E-state index < -0.39 is 4.92 Å². The number of para-hydroxylation sites is 1. The van der Waals surface area contributed by atoms with Crippen LogP contribution in [-0.2, 0) is 0 Å². The lowest BCUT2D eigenvalue weighted by molar-refractivity contribution is -0.384. The van der Waals surface area contributed by atoms with Gasteiger partial charge in [-0.05, 0) is 12.3 Å². The van der Waals surface area contributed by atoms with Gasteiger partial charge in [0.15, 0.2) is 10.8 Å². The number of fused-ring (bicyclic) bond motifs is 1. The number of thioether (sulfide) groups is 1. The zero-order valence-electron chi connectivity index (χ0n) is 10.9. The van der Waals surface area contributed by atoms with Crippen molar-refractivity contribution in [1.82, 2.24) is 19.9 Å². The molecule has 0 atom stereocenters. The molecular weight excluding hydrogens is 292 g/mol. The van der Waals surface area contributed by atoms with Crippen LogP contribution in [0.15, 0.2) is 29.4 Å². The second-order valence-corrected chi connectivity index (χ2v) is 4.94. The maximum atomic E-state index is 11.2. The van der Waals surface area contributed by atoms with E-state index in [0.717, 1.165) is 0 Å². The van der Waals surface area contributed by atoms with Crippen LogP contribution in [0.25, 0.3) is 22.4 Å². The molecular formula is C12H10N6O2S. The van der Waals surface area contributed by atoms with Gasteiger partial charge in [0, 0.05) is 6.07 Å². The molecule has 106 valence electrons. The third-order valence-electron chi connectivity index (χ3n) is 2.90. The highest BCUT2D eigenvalue weighted by Gasteiger charge is 2.20. The normalized spacial score (nSPS) is 10.9. The Morgan fingerprint density at radius 3 is 2.76 bits per heavy atom. The number of imidazole rings is 1. The summed E-state index contributed by atoms with van der Waals surface area (Å²) in [7, 11) is 0. The molecule has 0 saturated carbocycles. The third-order valence-corrected chi connectivity index (χ3v) is 3.48. The Hall–Kier alpha value is -2.68. The number of nitrogens with one attached hydrogen (secondary N) is 1. The summed E-state index contributed by atoms with van der Waals surface area (Å²) in [5.74, 6) is 0.0230. The molecule has 8 nitrogen and oxygen atoms in total. The lowest BCUT2D eigenvalue weighted by Gasteiger charge is -2.04. The molecule has 0 spiro atoms. The Balaban J connectivity index is 2.34. The fourth-order valence-corrected chi connectivity index (χ4v) is 2.40. The van der Waals surface area contributed by atoms with Crippen molar-refractivity contribution in [3.05, 3.63) is 34.4 Å². The minimum absolute atomic E-state index is 0.0230. The van der Waals surface area contributed by atoms with Crippen molar-refractivity contribution < 1.29 is 4.92 Å². The van der Waals surface area contributed by atoms with Crippen LogP contribution in [0.4, 0.5) is 11.6 Å². The molecule has 0 saturated heterocycles. The fraction of sp³-hybridized carbons (Fsp3) is 0.0833. The number of nitrogen functional groups attached to an aromatic ring is 1. The molecule has 0 bridgehead atoms. The summed E-state index contributed by atoms with van der Waals surface area (Å²) in [6.07, 6.45) is 1.86. The third kappa shape index (κ3) is 2.27. The number of anilines is 1. The maximum Gasteiger partial charge on any atom is 0.278 e. The van der Waals surface area contributed by atoms with Crippen molar-refractivity contribution in [2.75, 3.05) is 12.0 Å². The van der Waals surface area contributed by atoms with Crippen LogP contribution >= 0.6 is 11.8 Å². The first-order valence-corrected chi connectivity index (χ1v) is 7.13. The summed E-state index contributed by atoms with van der Waals surface area (Å²) in [5, 5.41) is 11.8. The smallest absolute Gasteiger partial charge is 0.278 e. The number of aromatic amines is 1. The lowest BCUT2D eigenvalue weighted by Crippen LogP contribution is -1.99. The number of benzene rings is 1. The number of aromatic nitrogens is 4. The van der Waals surface area contributed by atoms with E-state index in [1.165, 1.54) is 17.8 Å². The van der Waals surface area contributed by atoms with E-state index >= 15 is 0 Å². The Morgan fingerprint density at radius 1 is 1.29 bits per heavy atom. The molecule has 0 aliphatic carbocycles. The Labute approximate surface area is 123 Å². The van der Waals surface area contributed by atoms with Crippen LogP contribution in [0.1, 0.15) is 0 Å². The first-order valence-electron chi connectivity index (χ1n) is 5.91. The molecule has 21 heavy (non-hydrogen) atoms. The summed E-state index contributed by atoms with van der Waals surface area (Å²) in [4.78, 5) is 26.2. The molecule has 3 rings (SSSR count). The topological polar surface area (TPSA) is 124 Å². The van der Waals surface area contributed by atoms with E-state index in [1.54, 1.807) is 18.2 Å². The lowest BCUT2D eigenvalue weighted by atomic mass is 10.1. The molecule has 3 aromatic rings. The minimum atomic E-state index is -0.453. The molecule has 0 amide bonds. The van der Waals surface area contributed by atoms with Crippen molar-refractivity contribution in [2.45, 2.75) is 5.16 Å². The molecule has 2 heterocycles. The molecule has 0 aliphatic rings. The Bertz CT molecular complexity index is 847. The van der Waals surface area contributed by atoms with Gasteiger partial charge in [0.2, 0.25) is 5.95 Å². The van der Waals surface area contributed by atoms with Crippen LogP contribution in [0.3, 0.4) is 0 Å². The molecule has 0 fully saturated rings. The van der Waals surface area contributed by atoms with Gasteiger partial charge in [-0.1, -0.05) is 23.9 Å². The fourth-order valence-electron chi connectivity index (χ4n) is 2.02. The quantitative estimate of drug-likeness (QED) is 0.432. The second-order valence-electron chi connectivity index (χ2n) is 4.15. The van der Waals surface area contributed by atoms with Crippen molar-refractivity contribution >= 4 is 34.6 Å². The number of nitro groups is 1. The molecule has 0 aliphatic heterocycles. The zero-order chi connectivity index (χ0) is 15.0. The van der Waals surface area contributed by atoms with Gasteiger partial charge < -0.3 is 10.7 Å². The number of hydrogen-bond donors (Lipinski definition) is 2. The van der Waals surface area contributed by atoms with E-state index in [1.807, 2.05) is 6.26 Å². The van der Waals surface area contributed by atoms with Crippen molar-refractivity contribution in [2.24, 2.45) is 0 Å². The molecule has 2 aromatic heterocycles. The number of hydrogen-bond acceptors (Lipinski definition) is 7. The summed E-state index contributed by atoms with van der Waals surface area (Å²) in [6.45, 7) is 0. The van der Waals surface area contributed by atoms with Crippen LogP contribution in [0, 0.1) is 10.1 Å². The molecule has 9 heteroatoms. The van der Waals surface area contributed by atoms with Gasteiger partial charge in [0.05, 0.1) is 10.5 Å². The van der Waals surface area contributed by atoms with Gasteiger partial charge in [-0.25, -0.2) is 9.97 Å². The van der Waals surface area contributed by atoms with Crippen LogP contribution in [-0.4, -0.2) is 31.1 Å². The van der Waals surface area contributed by atoms with Gasteiger partial charge in [0.1, 0.15) is 11.2 Å². The number of nitrogens with zero attached hydrogens (tertiary/aromatic N) is 4. The molecule has 3 N–H and O–H groups in total. The first kappa shape index (κ1) is 13.3. The van der Waals surface area contributed by atoms with Crippen LogP contribution < -0.4 is 5.73 Å². The number of nitrogens with two attached hydrogens (primary N) is 1.